The first-order valence-electron chi connectivity index (χ1n) is 9.33. The molecule has 30 heavy (non-hydrogen) atoms. The molecule has 0 spiro atoms. The molecule has 0 radical (unpaired) electrons. The Hall–Kier alpha value is -3.32. The number of benzene rings is 3. The van der Waals surface area contributed by atoms with Gasteiger partial charge in [-0.1, -0.05) is 48.5 Å². The van der Waals surface area contributed by atoms with Crippen LogP contribution < -0.4 is 10.1 Å². The molecular weight excluding hydrogens is 395 g/mol. The summed E-state index contributed by atoms with van der Waals surface area (Å²) in [4.78, 5) is 13.0. The van der Waals surface area contributed by atoms with Gasteiger partial charge in [-0.15, -0.1) is 0 Å². The van der Waals surface area contributed by atoms with E-state index in [1.54, 1.807) is 12.1 Å². The van der Waals surface area contributed by atoms with Crippen LogP contribution in [0.25, 0.3) is 0 Å². The standard InChI is InChI=1S/C23H18F3NO3/c24-23(25,26)15-11-9-14(10-12-15)18(28)13-27-22(29)21-16-5-1-3-7-19(16)30-20-8-4-2-6-17(20)21/h1-12,18,21,28H,13H2,(H,27,29)/t18-/m1/s1. The number of nitrogens with one attached hydrogen (secondary N) is 1. The molecule has 154 valence electrons. The SMILES string of the molecule is O=C(NC[C@@H](O)c1ccc(C(F)(F)F)cc1)C1c2ccccc2Oc2ccccc21. The summed E-state index contributed by atoms with van der Waals surface area (Å²) in [6.45, 7) is -0.133. The van der Waals surface area contributed by atoms with Crippen LogP contribution in [0.2, 0.25) is 0 Å². The fraction of sp³-hybridized carbons (Fsp3) is 0.174. The molecule has 0 fully saturated rings. The minimum atomic E-state index is -4.44. The number of para-hydroxylation sites is 2. The Bertz CT molecular complexity index is 1020. The van der Waals surface area contributed by atoms with Gasteiger partial charge in [-0.05, 0) is 29.8 Å². The van der Waals surface area contributed by atoms with E-state index in [1.165, 1.54) is 12.1 Å². The predicted octanol–water partition coefficient (Wildman–Crippen LogP) is 4.79. The number of alkyl halides is 3. The largest absolute Gasteiger partial charge is 0.457 e. The maximum atomic E-state index is 13.0. The minimum Gasteiger partial charge on any atom is -0.457 e. The van der Waals surface area contributed by atoms with Gasteiger partial charge in [-0.25, -0.2) is 0 Å². The van der Waals surface area contributed by atoms with Crippen molar-refractivity contribution in [3.63, 3.8) is 0 Å². The number of carbonyl (C=O) groups excluding carboxylic acids is 1. The van der Waals surface area contributed by atoms with E-state index < -0.39 is 23.8 Å². The second kappa shape index (κ2) is 7.84. The Kier molecular flexibility index (Phi) is 5.22. The molecule has 1 amide bonds. The molecule has 7 heteroatoms. The van der Waals surface area contributed by atoms with Gasteiger partial charge >= 0.3 is 6.18 Å². The molecule has 3 aromatic rings. The molecular formula is C23H18F3NO3. The smallest absolute Gasteiger partial charge is 0.416 e. The highest BCUT2D eigenvalue weighted by Gasteiger charge is 2.33. The van der Waals surface area contributed by atoms with Crippen molar-refractivity contribution in [2.75, 3.05) is 6.54 Å². The fourth-order valence-electron chi connectivity index (χ4n) is 3.50. The van der Waals surface area contributed by atoms with Gasteiger partial charge in [-0.3, -0.25) is 4.79 Å². The number of rotatable bonds is 4. The zero-order valence-corrected chi connectivity index (χ0v) is 15.7. The van der Waals surface area contributed by atoms with Gasteiger partial charge in [0, 0.05) is 17.7 Å². The Morgan fingerprint density at radius 2 is 1.47 bits per heavy atom. The number of hydrogen-bond donors (Lipinski definition) is 2. The summed E-state index contributed by atoms with van der Waals surface area (Å²) in [6, 6.07) is 18.7. The molecule has 1 heterocycles. The average Bonchev–Trinajstić information content (AvgIpc) is 2.75. The van der Waals surface area contributed by atoms with Crippen LogP contribution in [-0.2, 0) is 11.0 Å². The molecule has 0 unspecified atom stereocenters. The van der Waals surface area contributed by atoms with Gasteiger partial charge < -0.3 is 15.2 Å². The zero-order valence-electron chi connectivity index (χ0n) is 15.7. The van der Waals surface area contributed by atoms with E-state index in [-0.39, 0.29) is 18.0 Å². The molecule has 1 atom stereocenters. The maximum absolute atomic E-state index is 13.0. The van der Waals surface area contributed by atoms with Crippen molar-refractivity contribution >= 4 is 5.91 Å². The van der Waals surface area contributed by atoms with Crippen LogP contribution >= 0.6 is 0 Å². The van der Waals surface area contributed by atoms with Gasteiger partial charge in [-0.2, -0.15) is 13.2 Å². The Balaban J connectivity index is 1.51. The number of carbonyl (C=O) groups is 1. The molecule has 0 bridgehead atoms. The highest BCUT2D eigenvalue weighted by Crippen LogP contribution is 2.43. The summed E-state index contributed by atoms with van der Waals surface area (Å²) < 4.78 is 43.9. The summed E-state index contributed by atoms with van der Waals surface area (Å²) in [6.07, 6.45) is -5.58. The highest BCUT2D eigenvalue weighted by atomic mass is 19.4. The highest BCUT2D eigenvalue weighted by molar-refractivity contribution is 5.89. The monoisotopic (exact) mass is 413 g/mol. The lowest BCUT2D eigenvalue weighted by atomic mass is 9.87. The molecule has 0 aromatic heterocycles. The molecule has 0 saturated heterocycles. The van der Waals surface area contributed by atoms with Crippen molar-refractivity contribution < 1.29 is 27.8 Å². The summed E-state index contributed by atoms with van der Waals surface area (Å²) in [7, 11) is 0. The van der Waals surface area contributed by atoms with Crippen LogP contribution in [0.4, 0.5) is 13.2 Å². The van der Waals surface area contributed by atoms with Crippen LogP contribution in [0.3, 0.4) is 0 Å². The Labute approximate surface area is 170 Å². The first-order valence-corrected chi connectivity index (χ1v) is 9.33. The maximum Gasteiger partial charge on any atom is 0.416 e. The van der Waals surface area contributed by atoms with E-state index in [4.69, 9.17) is 4.74 Å². The number of aliphatic hydroxyl groups excluding tert-OH is 1. The average molecular weight is 413 g/mol. The van der Waals surface area contributed by atoms with E-state index in [0.29, 0.717) is 22.6 Å². The molecule has 3 aromatic carbocycles. The van der Waals surface area contributed by atoms with E-state index in [0.717, 1.165) is 12.1 Å². The first-order chi connectivity index (χ1) is 14.3. The van der Waals surface area contributed by atoms with Crippen LogP contribution in [0.5, 0.6) is 11.5 Å². The molecule has 0 saturated carbocycles. The molecule has 1 aliphatic rings. The Morgan fingerprint density at radius 3 is 2.00 bits per heavy atom. The first kappa shape index (κ1) is 20.0. The number of ether oxygens (including phenoxy) is 1. The number of fused-ring (bicyclic) bond motifs is 2. The topological polar surface area (TPSA) is 58.6 Å². The van der Waals surface area contributed by atoms with Gasteiger partial charge in [0.15, 0.2) is 0 Å². The third-order valence-corrected chi connectivity index (χ3v) is 5.03. The van der Waals surface area contributed by atoms with Gasteiger partial charge in [0.25, 0.3) is 0 Å². The Morgan fingerprint density at radius 1 is 0.933 bits per heavy atom. The van der Waals surface area contributed by atoms with Gasteiger partial charge in [0.2, 0.25) is 5.91 Å². The lowest BCUT2D eigenvalue weighted by Crippen LogP contribution is -2.34. The predicted molar refractivity (Wildman–Crippen MR) is 104 cm³/mol. The van der Waals surface area contributed by atoms with Crippen molar-refractivity contribution in [1.29, 1.82) is 0 Å². The number of aliphatic hydroxyl groups is 1. The molecule has 0 aliphatic carbocycles. The zero-order chi connectivity index (χ0) is 21.3. The quantitative estimate of drug-likeness (QED) is 0.647. The molecule has 2 N–H and O–H groups in total. The summed E-state index contributed by atoms with van der Waals surface area (Å²) >= 11 is 0. The van der Waals surface area contributed by atoms with Crippen molar-refractivity contribution in [2.24, 2.45) is 0 Å². The van der Waals surface area contributed by atoms with Crippen LogP contribution in [0, 0.1) is 0 Å². The lowest BCUT2D eigenvalue weighted by molar-refractivity contribution is -0.137. The molecule has 4 nitrogen and oxygen atoms in total. The van der Waals surface area contributed by atoms with Crippen molar-refractivity contribution in [3.8, 4) is 11.5 Å². The van der Waals surface area contributed by atoms with Crippen molar-refractivity contribution in [2.45, 2.75) is 18.2 Å². The van der Waals surface area contributed by atoms with Gasteiger partial charge in [0.1, 0.15) is 11.5 Å². The van der Waals surface area contributed by atoms with Crippen molar-refractivity contribution in [3.05, 3.63) is 95.1 Å². The lowest BCUT2D eigenvalue weighted by Gasteiger charge is -2.27. The van der Waals surface area contributed by atoms with E-state index in [1.807, 2.05) is 36.4 Å². The number of amides is 1. The summed E-state index contributed by atoms with van der Waals surface area (Å²) in [5.41, 5.74) is 0.907. The van der Waals surface area contributed by atoms with Gasteiger partial charge in [0.05, 0.1) is 17.6 Å². The van der Waals surface area contributed by atoms with Crippen LogP contribution in [0.1, 0.15) is 34.3 Å². The second-order valence-electron chi connectivity index (χ2n) is 6.99. The van der Waals surface area contributed by atoms with Crippen molar-refractivity contribution in [1.82, 2.24) is 5.32 Å². The number of halogens is 3. The van der Waals surface area contributed by atoms with E-state index in [2.05, 4.69) is 5.32 Å². The van der Waals surface area contributed by atoms with Crippen LogP contribution in [0.15, 0.2) is 72.8 Å². The second-order valence-corrected chi connectivity index (χ2v) is 6.99. The normalized spacial score (nSPS) is 14.3. The third kappa shape index (κ3) is 3.89. The van der Waals surface area contributed by atoms with E-state index >= 15 is 0 Å². The third-order valence-electron chi connectivity index (χ3n) is 5.03. The summed E-state index contributed by atoms with van der Waals surface area (Å²) in [5, 5.41) is 13.0. The molecule has 4 rings (SSSR count). The minimum absolute atomic E-state index is 0.133. The van der Waals surface area contributed by atoms with Crippen LogP contribution in [-0.4, -0.2) is 17.6 Å². The fourth-order valence-corrected chi connectivity index (χ4v) is 3.50. The number of hydrogen-bond acceptors (Lipinski definition) is 3. The molecule has 1 aliphatic heterocycles. The van der Waals surface area contributed by atoms with E-state index in [9.17, 15) is 23.1 Å². The summed E-state index contributed by atoms with van der Waals surface area (Å²) in [5.74, 6) is 0.217.